The number of rotatable bonds is 13. The summed E-state index contributed by atoms with van der Waals surface area (Å²) in [6, 6.07) is 6.17. The van der Waals surface area contributed by atoms with Crippen LogP contribution >= 0.6 is 24.0 Å². The monoisotopic (exact) mass is 532 g/mol. The van der Waals surface area contributed by atoms with Crippen LogP contribution in [0.5, 0.6) is 11.5 Å². The van der Waals surface area contributed by atoms with Gasteiger partial charge in [-0.2, -0.15) is 0 Å². The minimum absolute atomic E-state index is 0. The zero-order chi connectivity index (χ0) is 20.7. The quantitative estimate of drug-likeness (QED) is 0.174. The maximum atomic E-state index is 5.67. The topological polar surface area (TPSA) is 58.1 Å². The first-order chi connectivity index (χ1) is 14.3. The Hall–Kier alpha value is -1.22. The van der Waals surface area contributed by atoms with Crippen LogP contribution in [0.25, 0.3) is 0 Å². The van der Waals surface area contributed by atoms with Crippen LogP contribution in [0.2, 0.25) is 0 Å². The van der Waals surface area contributed by atoms with Crippen molar-refractivity contribution in [1.82, 2.24) is 15.5 Å². The molecular formula is C23H41IN4O2. The van der Waals surface area contributed by atoms with Crippen molar-refractivity contribution in [2.75, 3.05) is 53.0 Å². The van der Waals surface area contributed by atoms with Crippen LogP contribution in [-0.2, 0) is 6.42 Å². The molecule has 1 saturated heterocycles. The van der Waals surface area contributed by atoms with Crippen LogP contribution in [0.3, 0.4) is 0 Å². The second-order valence-electron chi connectivity index (χ2n) is 7.47. The lowest BCUT2D eigenvalue weighted by molar-refractivity contribution is 0.310. The molecule has 1 aliphatic rings. The Morgan fingerprint density at radius 2 is 1.87 bits per heavy atom. The van der Waals surface area contributed by atoms with Crippen molar-refractivity contribution in [2.24, 2.45) is 4.99 Å². The van der Waals surface area contributed by atoms with Crippen LogP contribution < -0.4 is 20.1 Å². The number of unbranched alkanes of at least 4 members (excludes halogenated alkanes) is 1. The zero-order valence-corrected chi connectivity index (χ0v) is 21.4. The predicted octanol–water partition coefficient (Wildman–Crippen LogP) is 4.08. The van der Waals surface area contributed by atoms with Crippen LogP contribution in [0.4, 0.5) is 0 Å². The molecule has 6 nitrogen and oxygen atoms in total. The van der Waals surface area contributed by atoms with E-state index in [1.807, 2.05) is 13.0 Å². The molecule has 0 aromatic heterocycles. The molecule has 2 N–H and O–H groups in total. The number of ether oxygens (including phenoxy) is 2. The fourth-order valence-corrected chi connectivity index (χ4v) is 3.63. The highest BCUT2D eigenvalue weighted by molar-refractivity contribution is 14.0. The van der Waals surface area contributed by atoms with Gasteiger partial charge in [-0.3, -0.25) is 4.99 Å². The lowest BCUT2D eigenvalue weighted by atomic mass is 10.1. The number of halogens is 1. The summed E-state index contributed by atoms with van der Waals surface area (Å²) in [5.41, 5.74) is 1.25. The number of likely N-dealkylation sites (tertiary alicyclic amines) is 1. The third-order valence-corrected chi connectivity index (χ3v) is 5.16. The lowest BCUT2D eigenvalue weighted by Gasteiger charge is -2.15. The lowest BCUT2D eigenvalue weighted by Crippen LogP contribution is -2.38. The van der Waals surface area contributed by atoms with Crippen molar-refractivity contribution < 1.29 is 9.47 Å². The summed E-state index contributed by atoms with van der Waals surface area (Å²) in [6.07, 6.45) is 7.17. The summed E-state index contributed by atoms with van der Waals surface area (Å²) < 4.78 is 11.0. The van der Waals surface area contributed by atoms with E-state index in [4.69, 9.17) is 14.5 Å². The minimum Gasteiger partial charge on any atom is -0.493 e. The van der Waals surface area contributed by atoms with Gasteiger partial charge in [-0.1, -0.05) is 6.07 Å². The fraction of sp³-hybridized carbons (Fsp3) is 0.696. The van der Waals surface area contributed by atoms with Gasteiger partial charge in [0.25, 0.3) is 0 Å². The zero-order valence-electron chi connectivity index (χ0n) is 19.0. The number of guanidine groups is 1. The number of hydrogen-bond donors (Lipinski definition) is 2. The fourth-order valence-electron chi connectivity index (χ4n) is 3.63. The van der Waals surface area contributed by atoms with Crippen LogP contribution in [0, 0.1) is 0 Å². The highest BCUT2D eigenvalue weighted by Gasteiger charge is 2.10. The normalized spacial score (nSPS) is 14.3. The molecule has 1 aromatic rings. The van der Waals surface area contributed by atoms with Crippen LogP contribution in [-0.4, -0.2) is 63.8 Å². The molecule has 0 saturated carbocycles. The third-order valence-electron chi connectivity index (χ3n) is 5.16. The van der Waals surface area contributed by atoms with Gasteiger partial charge in [0.05, 0.1) is 13.7 Å². The van der Waals surface area contributed by atoms with Gasteiger partial charge in [0.15, 0.2) is 17.5 Å². The van der Waals surface area contributed by atoms with Crippen molar-refractivity contribution in [3.63, 3.8) is 0 Å². The molecule has 1 fully saturated rings. The number of benzene rings is 1. The van der Waals surface area contributed by atoms with Gasteiger partial charge < -0.3 is 25.0 Å². The number of aryl methyl sites for hydroxylation is 1. The minimum atomic E-state index is 0. The first-order valence-electron chi connectivity index (χ1n) is 11.3. The molecule has 172 valence electrons. The van der Waals surface area contributed by atoms with Gasteiger partial charge in [-0.05, 0) is 89.7 Å². The molecule has 0 radical (unpaired) electrons. The molecule has 1 heterocycles. The Morgan fingerprint density at radius 1 is 1.07 bits per heavy atom. The Labute approximate surface area is 200 Å². The van der Waals surface area contributed by atoms with E-state index >= 15 is 0 Å². The van der Waals surface area contributed by atoms with Crippen molar-refractivity contribution in [1.29, 1.82) is 0 Å². The molecule has 0 atom stereocenters. The molecule has 2 rings (SSSR count). The second kappa shape index (κ2) is 16.5. The van der Waals surface area contributed by atoms with Gasteiger partial charge in [0.2, 0.25) is 0 Å². The van der Waals surface area contributed by atoms with Crippen molar-refractivity contribution >= 4 is 29.9 Å². The Morgan fingerprint density at radius 3 is 2.57 bits per heavy atom. The van der Waals surface area contributed by atoms with E-state index in [9.17, 15) is 0 Å². The molecular weight excluding hydrogens is 491 g/mol. The maximum absolute atomic E-state index is 5.67. The van der Waals surface area contributed by atoms with Crippen molar-refractivity contribution in [3.05, 3.63) is 23.8 Å². The molecule has 1 aromatic carbocycles. The van der Waals surface area contributed by atoms with E-state index in [0.717, 1.165) is 49.9 Å². The first kappa shape index (κ1) is 26.8. The summed E-state index contributed by atoms with van der Waals surface area (Å²) in [5.74, 6) is 2.54. The van der Waals surface area contributed by atoms with Crippen molar-refractivity contribution in [2.45, 2.75) is 52.4 Å². The van der Waals surface area contributed by atoms with E-state index in [0.29, 0.717) is 6.61 Å². The van der Waals surface area contributed by atoms with Crippen LogP contribution in [0.15, 0.2) is 23.2 Å². The largest absolute Gasteiger partial charge is 0.493 e. The molecule has 0 unspecified atom stereocenters. The van der Waals surface area contributed by atoms with Gasteiger partial charge in [-0.25, -0.2) is 0 Å². The second-order valence-corrected chi connectivity index (χ2v) is 7.47. The van der Waals surface area contributed by atoms with Gasteiger partial charge >= 0.3 is 0 Å². The van der Waals surface area contributed by atoms with Gasteiger partial charge in [-0.15, -0.1) is 24.0 Å². The summed E-state index contributed by atoms with van der Waals surface area (Å²) >= 11 is 0. The van der Waals surface area contributed by atoms with Crippen LogP contribution in [0.1, 0.15) is 51.5 Å². The SMILES string of the molecule is CCNC(=NCCCc1ccc(OC)c(OCC)c1)NCCCCN1CCCC1.I. The number of nitrogens with zero attached hydrogens (tertiary/aromatic N) is 2. The Bertz CT molecular complexity index is 607. The van der Waals surface area contributed by atoms with Gasteiger partial charge in [0.1, 0.15) is 0 Å². The summed E-state index contributed by atoms with van der Waals surface area (Å²) in [6.45, 7) is 11.2. The third kappa shape index (κ3) is 10.2. The van der Waals surface area contributed by atoms with Gasteiger partial charge in [0, 0.05) is 19.6 Å². The number of hydrogen-bond acceptors (Lipinski definition) is 4. The Kier molecular flexibility index (Phi) is 14.7. The highest BCUT2D eigenvalue weighted by Crippen LogP contribution is 2.28. The van der Waals surface area contributed by atoms with E-state index in [2.05, 4.69) is 34.6 Å². The number of nitrogens with one attached hydrogen (secondary N) is 2. The van der Waals surface area contributed by atoms with E-state index in [1.165, 1.54) is 50.9 Å². The molecule has 0 amide bonds. The summed E-state index contributed by atoms with van der Waals surface area (Å²) in [7, 11) is 1.67. The van der Waals surface area contributed by atoms with Crippen molar-refractivity contribution in [3.8, 4) is 11.5 Å². The predicted molar refractivity (Wildman–Crippen MR) is 137 cm³/mol. The Balaban J connectivity index is 0.00000450. The summed E-state index contributed by atoms with van der Waals surface area (Å²) in [4.78, 5) is 7.30. The highest BCUT2D eigenvalue weighted by atomic mass is 127. The first-order valence-corrected chi connectivity index (χ1v) is 11.3. The number of aliphatic imine (C=N–C) groups is 1. The van der Waals surface area contributed by atoms with E-state index in [1.54, 1.807) is 7.11 Å². The molecule has 1 aliphatic heterocycles. The maximum Gasteiger partial charge on any atom is 0.191 e. The molecule has 7 heteroatoms. The number of methoxy groups -OCH3 is 1. The molecule has 30 heavy (non-hydrogen) atoms. The van der Waals surface area contributed by atoms with E-state index in [-0.39, 0.29) is 24.0 Å². The molecule has 0 bridgehead atoms. The summed E-state index contributed by atoms with van der Waals surface area (Å²) in [5, 5.41) is 6.82. The van der Waals surface area contributed by atoms with E-state index < -0.39 is 0 Å². The molecule has 0 aliphatic carbocycles. The molecule has 0 spiro atoms. The average Bonchev–Trinajstić information content (AvgIpc) is 3.25. The smallest absolute Gasteiger partial charge is 0.191 e. The average molecular weight is 533 g/mol. The standard InChI is InChI=1S/C23H40N4O2.HI/c1-4-24-23(25-14-6-7-16-27-17-8-9-18-27)26-15-10-11-20-12-13-21(28-3)22(19-20)29-5-2;/h12-13,19H,4-11,14-18H2,1-3H3,(H2,24,25,26);1H.